The highest BCUT2D eigenvalue weighted by atomic mass is 35.5. The Morgan fingerprint density at radius 3 is 2.61 bits per heavy atom. The largest absolute Gasteiger partial charge is 0.476 e. The molecule has 0 amide bonds. The van der Waals surface area contributed by atoms with Gasteiger partial charge in [0, 0.05) is 10.6 Å². The lowest BCUT2D eigenvalue weighted by Gasteiger charge is -2.07. The zero-order chi connectivity index (χ0) is 16.6. The van der Waals surface area contributed by atoms with Crippen LogP contribution in [-0.4, -0.2) is 25.8 Å². The molecule has 0 aliphatic rings. The minimum Gasteiger partial charge on any atom is -0.476 e. The molecule has 0 spiro atoms. The molecule has 0 atom stereocenters. The van der Waals surface area contributed by atoms with Crippen LogP contribution in [0.4, 0.5) is 4.39 Å². The minimum atomic E-state index is -1.21. The second kappa shape index (κ2) is 5.98. The van der Waals surface area contributed by atoms with Crippen molar-refractivity contribution in [2.24, 2.45) is 0 Å². The van der Waals surface area contributed by atoms with Crippen LogP contribution in [0.25, 0.3) is 17.1 Å². The van der Waals surface area contributed by atoms with Crippen LogP contribution in [-0.2, 0) is 0 Å². The predicted octanol–water partition coefficient (Wildman–Crippen LogP) is 4.08. The number of carboxylic acids is 1. The molecule has 116 valence electrons. The number of aromatic carboxylic acids is 1. The summed E-state index contributed by atoms with van der Waals surface area (Å²) in [5, 5.41) is 13.5. The van der Waals surface area contributed by atoms with Gasteiger partial charge in [-0.05, 0) is 36.4 Å². The standard InChI is InChI=1S/C15H8Cl2FN3O2/c16-9-4-8(5-10(18)6-9)12-7-11(15(22)23)20-21(12)14-3-1-2-13(17)19-14/h1-7H,(H,22,23). The van der Waals surface area contributed by atoms with Gasteiger partial charge in [0.2, 0.25) is 0 Å². The number of nitrogens with zero attached hydrogens (tertiary/aromatic N) is 3. The molecule has 2 aromatic heterocycles. The minimum absolute atomic E-state index is 0.184. The molecule has 3 aromatic rings. The van der Waals surface area contributed by atoms with Crippen molar-refractivity contribution in [1.82, 2.24) is 14.8 Å². The van der Waals surface area contributed by atoms with Gasteiger partial charge < -0.3 is 5.11 Å². The number of rotatable bonds is 3. The number of carboxylic acid groups (broad SMARTS) is 1. The Morgan fingerprint density at radius 1 is 1.17 bits per heavy atom. The summed E-state index contributed by atoms with van der Waals surface area (Å²) in [5.74, 6) is -1.45. The predicted molar refractivity (Wildman–Crippen MR) is 83.7 cm³/mol. The van der Waals surface area contributed by atoms with Gasteiger partial charge in [-0.3, -0.25) is 0 Å². The summed E-state index contributed by atoms with van der Waals surface area (Å²) in [5.41, 5.74) is 0.498. The topological polar surface area (TPSA) is 68.0 Å². The van der Waals surface area contributed by atoms with E-state index in [1.54, 1.807) is 18.2 Å². The van der Waals surface area contributed by atoms with Crippen LogP contribution in [0.2, 0.25) is 10.2 Å². The molecule has 3 rings (SSSR count). The Bertz CT molecular complexity index is 891. The maximum atomic E-state index is 13.6. The molecule has 0 aliphatic carbocycles. The Balaban J connectivity index is 2.25. The van der Waals surface area contributed by atoms with E-state index in [-0.39, 0.29) is 15.9 Å². The van der Waals surface area contributed by atoms with Crippen molar-refractivity contribution in [3.63, 3.8) is 0 Å². The monoisotopic (exact) mass is 351 g/mol. The third kappa shape index (κ3) is 3.18. The highest BCUT2D eigenvalue weighted by Gasteiger charge is 2.17. The number of pyridine rings is 1. The third-order valence-corrected chi connectivity index (χ3v) is 3.43. The van der Waals surface area contributed by atoms with Crippen molar-refractivity contribution in [2.75, 3.05) is 0 Å². The highest BCUT2D eigenvalue weighted by molar-refractivity contribution is 6.30. The zero-order valence-electron chi connectivity index (χ0n) is 11.4. The van der Waals surface area contributed by atoms with Gasteiger partial charge in [-0.2, -0.15) is 5.10 Å². The van der Waals surface area contributed by atoms with Gasteiger partial charge in [0.1, 0.15) is 11.0 Å². The molecule has 0 fully saturated rings. The number of benzene rings is 1. The zero-order valence-corrected chi connectivity index (χ0v) is 12.9. The van der Waals surface area contributed by atoms with Crippen molar-refractivity contribution >= 4 is 29.2 Å². The Kier molecular flexibility index (Phi) is 4.02. The first-order valence-electron chi connectivity index (χ1n) is 6.37. The fourth-order valence-electron chi connectivity index (χ4n) is 2.08. The first kappa shape index (κ1) is 15.5. The van der Waals surface area contributed by atoms with E-state index in [0.717, 1.165) is 6.07 Å². The van der Waals surface area contributed by atoms with Crippen LogP contribution in [0.3, 0.4) is 0 Å². The molecule has 23 heavy (non-hydrogen) atoms. The summed E-state index contributed by atoms with van der Waals surface area (Å²) in [6.45, 7) is 0. The van der Waals surface area contributed by atoms with E-state index >= 15 is 0 Å². The van der Waals surface area contributed by atoms with E-state index in [4.69, 9.17) is 28.3 Å². The van der Waals surface area contributed by atoms with Crippen molar-refractivity contribution in [2.45, 2.75) is 0 Å². The molecular weight excluding hydrogens is 344 g/mol. The van der Waals surface area contributed by atoms with E-state index in [0.29, 0.717) is 17.1 Å². The number of halogens is 3. The van der Waals surface area contributed by atoms with Gasteiger partial charge in [0.15, 0.2) is 11.5 Å². The molecule has 8 heteroatoms. The fraction of sp³-hybridized carbons (Fsp3) is 0. The molecule has 1 N–H and O–H groups in total. The molecule has 0 saturated carbocycles. The quantitative estimate of drug-likeness (QED) is 0.722. The lowest BCUT2D eigenvalue weighted by atomic mass is 10.1. The molecule has 2 heterocycles. The summed E-state index contributed by atoms with van der Waals surface area (Å²) in [6, 6.07) is 10.0. The molecule has 0 aliphatic heterocycles. The van der Waals surface area contributed by atoms with Gasteiger partial charge in [-0.1, -0.05) is 29.3 Å². The van der Waals surface area contributed by atoms with Crippen LogP contribution < -0.4 is 0 Å². The molecule has 0 unspecified atom stereocenters. The second-order valence-corrected chi connectivity index (χ2v) is 5.43. The summed E-state index contributed by atoms with van der Waals surface area (Å²) in [7, 11) is 0. The molecular formula is C15H8Cl2FN3O2. The average Bonchev–Trinajstić information content (AvgIpc) is 2.91. The normalized spacial score (nSPS) is 10.7. The number of aromatic nitrogens is 3. The van der Waals surface area contributed by atoms with Gasteiger partial charge in [0.25, 0.3) is 0 Å². The van der Waals surface area contributed by atoms with E-state index in [1.165, 1.54) is 22.9 Å². The van der Waals surface area contributed by atoms with Gasteiger partial charge in [0.05, 0.1) is 5.69 Å². The lowest BCUT2D eigenvalue weighted by molar-refractivity contribution is 0.0690. The van der Waals surface area contributed by atoms with Crippen LogP contribution >= 0.6 is 23.2 Å². The summed E-state index contributed by atoms with van der Waals surface area (Å²) in [4.78, 5) is 15.3. The summed E-state index contributed by atoms with van der Waals surface area (Å²) in [6.07, 6.45) is 0. The number of hydrogen-bond donors (Lipinski definition) is 1. The molecule has 0 saturated heterocycles. The van der Waals surface area contributed by atoms with Gasteiger partial charge in [-0.15, -0.1) is 0 Å². The first-order valence-corrected chi connectivity index (χ1v) is 7.12. The fourth-order valence-corrected chi connectivity index (χ4v) is 2.46. The van der Waals surface area contributed by atoms with Crippen molar-refractivity contribution in [3.8, 4) is 17.1 Å². The molecule has 1 aromatic carbocycles. The average molecular weight is 352 g/mol. The summed E-state index contributed by atoms with van der Waals surface area (Å²) < 4.78 is 14.9. The van der Waals surface area contributed by atoms with E-state index in [9.17, 15) is 9.18 Å². The number of hydrogen-bond acceptors (Lipinski definition) is 3. The Labute approximate surface area is 139 Å². The van der Waals surface area contributed by atoms with Crippen molar-refractivity contribution < 1.29 is 14.3 Å². The van der Waals surface area contributed by atoms with E-state index < -0.39 is 11.8 Å². The third-order valence-electron chi connectivity index (χ3n) is 3.00. The van der Waals surface area contributed by atoms with Gasteiger partial charge in [-0.25, -0.2) is 18.9 Å². The Hall–Kier alpha value is -2.44. The smallest absolute Gasteiger partial charge is 0.356 e. The van der Waals surface area contributed by atoms with Crippen LogP contribution in [0, 0.1) is 5.82 Å². The van der Waals surface area contributed by atoms with Crippen LogP contribution in [0.1, 0.15) is 10.5 Å². The summed E-state index contributed by atoms with van der Waals surface area (Å²) >= 11 is 11.7. The van der Waals surface area contributed by atoms with E-state index in [2.05, 4.69) is 10.1 Å². The molecule has 5 nitrogen and oxygen atoms in total. The van der Waals surface area contributed by atoms with Crippen LogP contribution in [0.15, 0.2) is 42.5 Å². The lowest BCUT2D eigenvalue weighted by Crippen LogP contribution is -2.04. The maximum Gasteiger partial charge on any atom is 0.356 e. The van der Waals surface area contributed by atoms with Gasteiger partial charge >= 0.3 is 5.97 Å². The second-order valence-electron chi connectivity index (χ2n) is 4.61. The number of carbonyl (C=O) groups is 1. The van der Waals surface area contributed by atoms with Crippen molar-refractivity contribution in [1.29, 1.82) is 0 Å². The first-order chi connectivity index (χ1) is 10.9. The molecule has 0 bridgehead atoms. The molecule has 0 radical (unpaired) electrons. The van der Waals surface area contributed by atoms with E-state index in [1.807, 2.05) is 0 Å². The van der Waals surface area contributed by atoms with Crippen molar-refractivity contribution in [3.05, 3.63) is 64.2 Å². The van der Waals surface area contributed by atoms with Crippen LogP contribution in [0.5, 0.6) is 0 Å². The maximum absolute atomic E-state index is 13.6. The Morgan fingerprint density at radius 2 is 1.96 bits per heavy atom. The highest BCUT2D eigenvalue weighted by Crippen LogP contribution is 2.27. The SMILES string of the molecule is O=C(O)c1cc(-c2cc(F)cc(Cl)c2)n(-c2cccc(Cl)n2)n1.